The smallest absolute Gasteiger partial charge is 0.131 e. The zero-order valence-corrected chi connectivity index (χ0v) is 11.3. The third-order valence-electron chi connectivity index (χ3n) is 2.44. The van der Waals surface area contributed by atoms with Crippen molar-refractivity contribution >= 4 is 11.6 Å². The summed E-state index contributed by atoms with van der Waals surface area (Å²) >= 11 is 0. The summed E-state index contributed by atoms with van der Waals surface area (Å²) in [6.07, 6.45) is 3.60. The zero-order chi connectivity index (χ0) is 13.2. The van der Waals surface area contributed by atoms with Crippen molar-refractivity contribution in [2.24, 2.45) is 5.73 Å². The van der Waals surface area contributed by atoms with Crippen LogP contribution in [0.4, 0.5) is 11.6 Å². The van der Waals surface area contributed by atoms with Gasteiger partial charge in [-0.1, -0.05) is 0 Å². The van der Waals surface area contributed by atoms with E-state index in [1.54, 1.807) is 6.33 Å². The number of rotatable bonds is 9. The Bertz CT molecular complexity index is 328. The Hall–Kier alpha value is -1.40. The van der Waals surface area contributed by atoms with Gasteiger partial charge >= 0.3 is 0 Å². The lowest BCUT2D eigenvalue weighted by Gasteiger charge is -2.11. The molecule has 0 spiro atoms. The molecule has 0 saturated heterocycles. The average molecular weight is 252 g/mol. The molecule has 0 saturated carbocycles. The van der Waals surface area contributed by atoms with Crippen molar-refractivity contribution in [2.45, 2.75) is 12.8 Å². The van der Waals surface area contributed by atoms with Crippen LogP contribution in [0.25, 0.3) is 0 Å². The molecule has 1 rings (SSSR count). The van der Waals surface area contributed by atoms with E-state index >= 15 is 0 Å². The highest BCUT2D eigenvalue weighted by atomic mass is 15.1. The second-order valence-electron chi connectivity index (χ2n) is 4.44. The molecule has 4 N–H and O–H groups in total. The number of hydrogen-bond donors (Lipinski definition) is 3. The SMILES string of the molecule is CN(C)CCCNc1cc(NCCCN)ncn1. The third-order valence-corrected chi connectivity index (χ3v) is 2.44. The average Bonchev–Trinajstić information content (AvgIpc) is 2.35. The first-order valence-electron chi connectivity index (χ1n) is 6.37. The van der Waals surface area contributed by atoms with Crippen LogP contribution in [0.15, 0.2) is 12.4 Å². The topological polar surface area (TPSA) is 79.1 Å². The van der Waals surface area contributed by atoms with Crippen LogP contribution in [0.5, 0.6) is 0 Å². The molecule has 1 aromatic heterocycles. The molecule has 18 heavy (non-hydrogen) atoms. The summed E-state index contributed by atoms with van der Waals surface area (Å²) in [5.41, 5.74) is 5.44. The van der Waals surface area contributed by atoms with Crippen molar-refractivity contribution in [3.8, 4) is 0 Å². The highest BCUT2D eigenvalue weighted by Gasteiger charge is 1.98. The quantitative estimate of drug-likeness (QED) is 0.559. The standard InChI is InChI=1S/C12H24N6/c1-18(2)8-4-7-15-12-9-11(16-10-17-12)14-6-3-5-13/h9-10H,3-8,13H2,1-2H3,(H2,14,15,16,17). The van der Waals surface area contributed by atoms with E-state index in [0.717, 1.165) is 44.1 Å². The van der Waals surface area contributed by atoms with Gasteiger partial charge in [-0.3, -0.25) is 0 Å². The van der Waals surface area contributed by atoms with Gasteiger partial charge in [-0.05, 0) is 40.0 Å². The minimum atomic E-state index is 0.688. The molecule has 0 aliphatic heterocycles. The van der Waals surface area contributed by atoms with E-state index in [2.05, 4.69) is 39.6 Å². The van der Waals surface area contributed by atoms with E-state index in [1.807, 2.05) is 6.07 Å². The van der Waals surface area contributed by atoms with E-state index in [0.29, 0.717) is 6.54 Å². The van der Waals surface area contributed by atoms with Gasteiger partial charge in [0, 0.05) is 19.2 Å². The first-order chi connectivity index (χ1) is 8.72. The summed E-state index contributed by atoms with van der Waals surface area (Å²) in [4.78, 5) is 10.5. The minimum Gasteiger partial charge on any atom is -0.370 e. The summed E-state index contributed by atoms with van der Waals surface area (Å²) in [6, 6.07) is 1.92. The Kier molecular flexibility index (Phi) is 7.05. The molecule has 0 bridgehead atoms. The highest BCUT2D eigenvalue weighted by molar-refractivity contribution is 5.46. The summed E-state index contributed by atoms with van der Waals surface area (Å²) in [6.45, 7) is 3.51. The van der Waals surface area contributed by atoms with E-state index in [-0.39, 0.29) is 0 Å². The first kappa shape index (κ1) is 14.7. The van der Waals surface area contributed by atoms with Crippen LogP contribution in [0, 0.1) is 0 Å². The van der Waals surface area contributed by atoms with Gasteiger partial charge in [0.05, 0.1) is 0 Å². The molecular formula is C12H24N6. The lowest BCUT2D eigenvalue weighted by Crippen LogP contribution is -2.16. The summed E-state index contributed by atoms with van der Waals surface area (Å²) < 4.78 is 0. The zero-order valence-electron chi connectivity index (χ0n) is 11.3. The summed E-state index contributed by atoms with van der Waals surface area (Å²) in [5.74, 6) is 1.70. The van der Waals surface area contributed by atoms with E-state index in [1.165, 1.54) is 0 Å². The van der Waals surface area contributed by atoms with Crippen LogP contribution in [-0.2, 0) is 0 Å². The van der Waals surface area contributed by atoms with Gasteiger partial charge in [-0.25, -0.2) is 9.97 Å². The molecule has 0 atom stereocenters. The van der Waals surface area contributed by atoms with Crippen LogP contribution >= 0.6 is 0 Å². The molecule has 0 aliphatic carbocycles. The van der Waals surface area contributed by atoms with Gasteiger partial charge < -0.3 is 21.3 Å². The maximum atomic E-state index is 5.44. The fraction of sp³-hybridized carbons (Fsp3) is 0.667. The van der Waals surface area contributed by atoms with Gasteiger partial charge in [0.15, 0.2) is 0 Å². The van der Waals surface area contributed by atoms with Crippen LogP contribution in [-0.4, -0.2) is 55.1 Å². The second kappa shape index (κ2) is 8.66. The number of nitrogens with two attached hydrogens (primary N) is 1. The predicted octanol–water partition coefficient (Wildman–Crippen LogP) is 0.601. The van der Waals surface area contributed by atoms with Crippen LogP contribution in [0.3, 0.4) is 0 Å². The van der Waals surface area contributed by atoms with Gasteiger partial charge in [0.1, 0.15) is 18.0 Å². The van der Waals surface area contributed by atoms with Crippen molar-refractivity contribution in [1.29, 1.82) is 0 Å². The molecule has 0 fully saturated rings. The highest BCUT2D eigenvalue weighted by Crippen LogP contribution is 2.08. The fourth-order valence-corrected chi connectivity index (χ4v) is 1.48. The third kappa shape index (κ3) is 6.36. The lowest BCUT2D eigenvalue weighted by molar-refractivity contribution is 0.405. The molecule has 6 nitrogen and oxygen atoms in total. The molecular weight excluding hydrogens is 228 g/mol. The van der Waals surface area contributed by atoms with Crippen molar-refractivity contribution < 1.29 is 0 Å². The Balaban J connectivity index is 2.30. The molecule has 6 heteroatoms. The van der Waals surface area contributed by atoms with Crippen molar-refractivity contribution in [2.75, 3.05) is 50.9 Å². The van der Waals surface area contributed by atoms with Gasteiger partial charge in [0.2, 0.25) is 0 Å². The Morgan fingerprint density at radius 2 is 1.72 bits per heavy atom. The maximum Gasteiger partial charge on any atom is 0.131 e. The maximum absolute atomic E-state index is 5.44. The largest absolute Gasteiger partial charge is 0.370 e. The predicted molar refractivity (Wildman–Crippen MR) is 75.9 cm³/mol. The molecule has 0 aromatic carbocycles. The van der Waals surface area contributed by atoms with Crippen molar-refractivity contribution in [3.05, 3.63) is 12.4 Å². The minimum absolute atomic E-state index is 0.688. The molecule has 0 amide bonds. The number of anilines is 2. The normalized spacial score (nSPS) is 10.7. The molecule has 1 aromatic rings. The van der Waals surface area contributed by atoms with Gasteiger partial charge in [0.25, 0.3) is 0 Å². The van der Waals surface area contributed by atoms with Gasteiger partial charge in [-0.2, -0.15) is 0 Å². The van der Waals surface area contributed by atoms with Gasteiger partial charge in [-0.15, -0.1) is 0 Å². The Morgan fingerprint density at radius 1 is 1.11 bits per heavy atom. The Labute approximate surface area is 109 Å². The Morgan fingerprint density at radius 3 is 2.28 bits per heavy atom. The van der Waals surface area contributed by atoms with Crippen LogP contribution in [0.2, 0.25) is 0 Å². The van der Waals surface area contributed by atoms with E-state index < -0.39 is 0 Å². The fourth-order valence-electron chi connectivity index (χ4n) is 1.48. The molecule has 102 valence electrons. The number of nitrogens with zero attached hydrogens (tertiary/aromatic N) is 3. The summed E-state index contributed by atoms with van der Waals surface area (Å²) in [5, 5.41) is 6.50. The number of nitrogens with one attached hydrogen (secondary N) is 2. The van der Waals surface area contributed by atoms with Crippen LogP contribution < -0.4 is 16.4 Å². The van der Waals surface area contributed by atoms with Crippen molar-refractivity contribution in [3.63, 3.8) is 0 Å². The monoisotopic (exact) mass is 252 g/mol. The number of hydrogen-bond acceptors (Lipinski definition) is 6. The summed E-state index contributed by atoms with van der Waals surface area (Å²) in [7, 11) is 4.15. The van der Waals surface area contributed by atoms with E-state index in [9.17, 15) is 0 Å². The first-order valence-corrected chi connectivity index (χ1v) is 6.37. The lowest BCUT2D eigenvalue weighted by atomic mass is 10.4. The van der Waals surface area contributed by atoms with Crippen LogP contribution in [0.1, 0.15) is 12.8 Å². The molecule has 1 heterocycles. The van der Waals surface area contributed by atoms with Crippen molar-refractivity contribution in [1.82, 2.24) is 14.9 Å². The molecule has 0 unspecified atom stereocenters. The second-order valence-corrected chi connectivity index (χ2v) is 4.44. The number of aromatic nitrogens is 2. The molecule has 0 aliphatic rings. The van der Waals surface area contributed by atoms with E-state index in [4.69, 9.17) is 5.73 Å². The molecule has 0 radical (unpaired) electrons.